The fourth-order valence-corrected chi connectivity index (χ4v) is 0.953. The number of benzene rings is 1. The summed E-state index contributed by atoms with van der Waals surface area (Å²) in [5.74, 6) is -0.567. The molecule has 2 N–H and O–H groups in total. The lowest BCUT2D eigenvalue weighted by molar-refractivity contribution is -0.465. The lowest BCUT2D eigenvalue weighted by atomic mass is 10.1. The number of nitro groups is 1. The highest BCUT2D eigenvalue weighted by molar-refractivity contribution is 6.01. The molecule has 0 unspecified atom stereocenters. The van der Waals surface area contributed by atoms with Crippen molar-refractivity contribution in [2.75, 3.05) is 12.3 Å². The standard InChI is InChI=1S/C8H8N2O3/c9-7-4-2-1-3-6(7)8(11)5-10(12)13/h1-4H,5,9H2. The Hall–Kier alpha value is -1.91. The number of nitrogens with two attached hydrogens (primary N) is 1. The zero-order chi connectivity index (χ0) is 9.84. The van der Waals surface area contributed by atoms with E-state index >= 15 is 0 Å². The summed E-state index contributed by atoms with van der Waals surface area (Å²) >= 11 is 0. The van der Waals surface area contributed by atoms with Crippen LogP contribution in [0.2, 0.25) is 0 Å². The zero-order valence-corrected chi connectivity index (χ0v) is 6.77. The number of Topliss-reactive ketones (excluding diaryl/α,β-unsaturated/α-hetero) is 1. The Morgan fingerprint density at radius 2 is 2.08 bits per heavy atom. The smallest absolute Gasteiger partial charge is 0.265 e. The Labute approximate surface area is 74.3 Å². The van der Waals surface area contributed by atoms with E-state index in [-0.39, 0.29) is 11.3 Å². The first-order chi connectivity index (χ1) is 6.11. The van der Waals surface area contributed by atoms with E-state index in [1.54, 1.807) is 12.1 Å². The molecule has 5 nitrogen and oxygen atoms in total. The van der Waals surface area contributed by atoms with Crippen LogP contribution in [0.25, 0.3) is 0 Å². The Balaban J connectivity index is 2.89. The van der Waals surface area contributed by atoms with Crippen LogP contribution in [-0.4, -0.2) is 17.3 Å². The molecule has 68 valence electrons. The number of carbonyl (C=O) groups is 1. The third-order valence-electron chi connectivity index (χ3n) is 1.53. The summed E-state index contributed by atoms with van der Waals surface area (Å²) in [5.41, 5.74) is 5.93. The van der Waals surface area contributed by atoms with Gasteiger partial charge in [0, 0.05) is 16.2 Å². The van der Waals surface area contributed by atoms with Gasteiger partial charge in [0.1, 0.15) is 0 Å². The van der Waals surface area contributed by atoms with Crippen molar-refractivity contribution in [1.82, 2.24) is 0 Å². The van der Waals surface area contributed by atoms with Gasteiger partial charge in [0.15, 0.2) is 0 Å². The van der Waals surface area contributed by atoms with Crippen LogP contribution < -0.4 is 5.73 Å². The third kappa shape index (κ3) is 2.26. The summed E-state index contributed by atoms with van der Waals surface area (Å²) in [7, 11) is 0. The molecule has 0 atom stereocenters. The van der Waals surface area contributed by atoms with Crippen LogP contribution in [0.1, 0.15) is 10.4 Å². The molecule has 0 bridgehead atoms. The molecular weight excluding hydrogens is 172 g/mol. The van der Waals surface area contributed by atoms with Gasteiger partial charge >= 0.3 is 0 Å². The molecule has 1 rings (SSSR count). The Kier molecular flexibility index (Phi) is 2.59. The summed E-state index contributed by atoms with van der Waals surface area (Å²) in [6.07, 6.45) is 0. The Morgan fingerprint density at radius 1 is 1.46 bits per heavy atom. The topological polar surface area (TPSA) is 86.2 Å². The van der Waals surface area contributed by atoms with Gasteiger partial charge in [-0.2, -0.15) is 0 Å². The van der Waals surface area contributed by atoms with Crippen molar-refractivity contribution in [1.29, 1.82) is 0 Å². The Bertz CT molecular complexity index is 349. The highest BCUT2D eigenvalue weighted by atomic mass is 16.6. The maximum Gasteiger partial charge on any atom is 0.265 e. The average molecular weight is 180 g/mol. The molecule has 0 spiro atoms. The van der Waals surface area contributed by atoms with E-state index in [9.17, 15) is 14.9 Å². The predicted molar refractivity (Wildman–Crippen MR) is 47.0 cm³/mol. The quantitative estimate of drug-likeness (QED) is 0.321. The fraction of sp³-hybridized carbons (Fsp3) is 0.125. The highest BCUT2D eigenvalue weighted by Crippen LogP contribution is 2.10. The largest absolute Gasteiger partial charge is 0.398 e. The molecule has 0 aliphatic heterocycles. The molecule has 0 aliphatic rings. The molecule has 0 saturated heterocycles. The molecule has 5 heteroatoms. The number of nitrogen functional groups attached to an aromatic ring is 1. The van der Waals surface area contributed by atoms with Crippen molar-refractivity contribution in [2.45, 2.75) is 0 Å². The van der Waals surface area contributed by atoms with E-state index in [1.807, 2.05) is 0 Å². The minimum absolute atomic E-state index is 0.208. The molecule has 0 amide bonds. The monoisotopic (exact) mass is 180 g/mol. The van der Waals surface area contributed by atoms with Gasteiger partial charge in [-0.25, -0.2) is 0 Å². The van der Waals surface area contributed by atoms with Crippen molar-refractivity contribution in [3.05, 3.63) is 39.9 Å². The number of ketones is 1. The molecule has 1 aromatic rings. The number of nitrogens with zero attached hydrogens (tertiary/aromatic N) is 1. The molecule has 0 fully saturated rings. The number of rotatable bonds is 3. The van der Waals surface area contributed by atoms with Gasteiger partial charge in [-0.05, 0) is 12.1 Å². The van der Waals surface area contributed by atoms with Crippen molar-refractivity contribution in [3.63, 3.8) is 0 Å². The van der Waals surface area contributed by atoms with Gasteiger partial charge in [0.05, 0.1) is 0 Å². The molecule has 0 saturated carbocycles. The van der Waals surface area contributed by atoms with Gasteiger partial charge < -0.3 is 5.73 Å². The lowest BCUT2D eigenvalue weighted by Crippen LogP contribution is -2.15. The SMILES string of the molecule is Nc1ccccc1C(=O)C[N+](=O)[O-]. The van der Waals surface area contributed by atoms with Gasteiger partial charge in [-0.1, -0.05) is 12.1 Å². The fourth-order valence-electron chi connectivity index (χ4n) is 0.953. The van der Waals surface area contributed by atoms with E-state index in [2.05, 4.69) is 0 Å². The van der Waals surface area contributed by atoms with E-state index in [4.69, 9.17) is 5.73 Å². The normalized spacial score (nSPS) is 9.54. The first kappa shape index (κ1) is 9.18. The number of hydrogen-bond donors (Lipinski definition) is 1. The van der Waals surface area contributed by atoms with Crippen molar-refractivity contribution in [3.8, 4) is 0 Å². The molecule has 0 radical (unpaired) electrons. The van der Waals surface area contributed by atoms with Gasteiger partial charge in [-0.3, -0.25) is 14.9 Å². The van der Waals surface area contributed by atoms with E-state index in [0.717, 1.165) is 0 Å². The number of hydrogen-bond acceptors (Lipinski definition) is 4. The molecule has 0 aromatic heterocycles. The highest BCUT2D eigenvalue weighted by Gasteiger charge is 2.14. The summed E-state index contributed by atoms with van der Waals surface area (Å²) in [6.45, 7) is -0.714. The summed E-state index contributed by atoms with van der Waals surface area (Å²) in [4.78, 5) is 20.5. The van der Waals surface area contributed by atoms with E-state index in [0.29, 0.717) is 0 Å². The molecular formula is C8H8N2O3. The number of para-hydroxylation sites is 1. The van der Waals surface area contributed by atoms with Crippen LogP contribution in [0.5, 0.6) is 0 Å². The molecule has 0 heterocycles. The molecule has 13 heavy (non-hydrogen) atoms. The third-order valence-corrected chi connectivity index (χ3v) is 1.53. The van der Waals surface area contributed by atoms with Crippen LogP contribution >= 0.6 is 0 Å². The van der Waals surface area contributed by atoms with Crippen molar-refractivity contribution in [2.24, 2.45) is 0 Å². The number of carbonyl (C=O) groups excluding carboxylic acids is 1. The maximum absolute atomic E-state index is 11.2. The van der Waals surface area contributed by atoms with Crippen molar-refractivity contribution >= 4 is 11.5 Å². The molecule has 0 aliphatic carbocycles. The lowest BCUT2D eigenvalue weighted by Gasteiger charge is -1.99. The summed E-state index contributed by atoms with van der Waals surface area (Å²) in [5, 5.41) is 10.0. The summed E-state index contributed by atoms with van der Waals surface area (Å²) < 4.78 is 0. The Morgan fingerprint density at radius 3 is 2.62 bits per heavy atom. The van der Waals surface area contributed by atoms with Crippen LogP contribution in [0.3, 0.4) is 0 Å². The zero-order valence-electron chi connectivity index (χ0n) is 6.77. The van der Waals surface area contributed by atoms with Crippen molar-refractivity contribution < 1.29 is 9.72 Å². The second-order valence-electron chi connectivity index (χ2n) is 2.50. The minimum atomic E-state index is -0.714. The van der Waals surface area contributed by atoms with Crippen LogP contribution in [0, 0.1) is 10.1 Å². The maximum atomic E-state index is 11.2. The second kappa shape index (κ2) is 3.66. The average Bonchev–Trinajstić information content (AvgIpc) is 2.03. The van der Waals surface area contributed by atoms with Gasteiger partial charge in [-0.15, -0.1) is 0 Å². The van der Waals surface area contributed by atoms with Crippen LogP contribution in [0.15, 0.2) is 24.3 Å². The first-order valence-corrected chi connectivity index (χ1v) is 3.61. The minimum Gasteiger partial charge on any atom is -0.398 e. The van der Waals surface area contributed by atoms with E-state index < -0.39 is 17.3 Å². The van der Waals surface area contributed by atoms with Gasteiger partial charge in [0.2, 0.25) is 5.78 Å². The van der Waals surface area contributed by atoms with Gasteiger partial charge in [0.25, 0.3) is 6.54 Å². The first-order valence-electron chi connectivity index (χ1n) is 3.61. The van der Waals surface area contributed by atoms with Crippen LogP contribution in [-0.2, 0) is 0 Å². The van der Waals surface area contributed by atoms with E-state index in [1.165, 1.54) is 12.1 Å². The molecule has 1 aromatic carbocycles. The predicted octanol–water partition coefficient (Wildman–Crippen LogP) is 0.728. The number of anilines is 1. The summed E-state index contributed by atoms with van der Waals surface area (Å²) in [6, 6.07) is 6.29. The van der Waals surface area contributed by atoms with Crippen LogP contribution in [0.4, 0.5) is 5.69 Å². The second-order valence-corrected chi connectivity index (χ2v) is 2.50.